The summed E-state index contributed by atoms with van der Waals surface area (Å²) in [5.74, 6) is 0.885. The normalized spacial score (nSPS) is 19.5. The van der Waals surface area contributed by atoms with Crippen molar-refractivity contribution < 1.29 is 0 Å². The highest BCUT2D eigenvalue weighted by Gasteiger charge is 2.30. The van der Waals surface area contributed by atoms with Crippen LogP contribution in [0.2, 0.25) is 0 Å². The van der Waals surface area contributed by atoms with Crippen LogP contribution >= 0.6 is 0 Å². The van der Waals surface area contributed by atoms with Gasteiger partial charge in [-0.2, -0.15) is 0 Å². The van der Waals surface area contributed by atoms with Gasteiger partial charge in [0, 0.05) is 17.9 Å². The standard InChI is InChI=1S/C10H15N3/c1-10(4-2-5-10)13-8-9-11-6-3-7-12-9/h3,6-7,13H,2,4-5,8H2,1H3. The molecule has 1 saturated carbocycles. The summed E-state index contributed by atoms with van der Waals surface area (Å²) in [6, 6.07) is 1.84. The Labute approximate surface area is 78.6 Å². The van der Waals surface area contributed by atoms with Gasteiger partial charge in [0.2, 0.25) is 0 Å². The van der Waals surface area contributed by atoms with Gasteiger partial charge >= 0.3 is 0 Å². The van der Waals surface area contributed by atoms with Crippen molar-refractivity contribution in [3.05, 3.63) is 24.3 Å². The molecule has 0 aromatic carbocycles. The predicted molar refractivity (Wildman–Crippen MR) is 51.1 cm³/mol. The molecule has 0 amide bonds. The molecule has 0 aliphatic heterocycles. The first-order valence-electron chi connectivity index (χ1n) is 4.79. The third-order valence-corrected chi connectivity index (χ3v) is 2.75. The van der Waals surface area contributed by atoms with E-state index in [9.17, 15) is 0 Å². The van der Waals surface area contributed by atoms with Gasteiger partial charge in [0.15, 0.2) is 0 Å². The molecule has 0 spiro atoms. The molecule has 1 aromatic rings. The fourth-order valence-electron chi connectivity index (χ4n) is 1.60. The van der Waals surface area contributed by atoms with Crippen molar-refractivity contribution in [2.24, 2.45) is 0 Å². The van der Waals surface area contributed by atoms with E-state index in [1.165, 1.54) is 19.3 Å². The molecular formula is C10H15N3. The van der Waals surface area contributed by atoms with Crippen LogP contribution in [-0.4, -0.2) is 15.5 Å². The Morgan fingerprint density at radius 1 is 1.38 bits per heavy atom. The summed E-state index contributed by atoms with van der Waals surface area (Å²) in [5.41, 5.74) is 0.346. The average molecular weight is 177 g/mol. The average Bonchev–Trinajstić information content (AvgIpc) is 2.13. The SMILES string of the molecule is CC1(NCc2ncccn2)CCC1. The van der Waals surface area contributed by atoms with Crippen LogP contribution in [0.1, 0.15) is 32.0 Å². The van der Waals surface area contributed by atoms with E-state index in [0.717, 1.165) is 12.4 Å². The minimum Gasteiger partial charge on any atom is -0.305 e. The largest absolute Gasteiger partial charge is 0.305 e. The van der Waals surface area contributed by atoms with E-state index in [-0.39, 0.29) is 0 Å². The van der Waals surface area contributed by atoms with Crippen LogP contribution in [0.5, 0.6) is 0 Å². The lowest BCUT2D eigenvalue weighted by atomic mass is 9.78. The fraction of sp³-hybridized carbons (Fsp3) is 0.600. The Bertz CT molecular complexity index is 267. The molecule has 0 saturated heterocycles. The third kappa shape index (κ3) is 2.04. The molecule has 1 N–H and O–H groups in total. The minimum atomic E-state index is 0.346. The number of aromatic nitrogens is 2. The molecule has 0 bridgehead atoms. The van der Waals surface area contributed by atoms with E-state index in [2.05, 4.69) is 22.2 Å². The third-order valence-electron chi connectivity index (χ3n) is 2.75. The lowest BCUT2D eigenvalue weighted by Gasteiger charge is -2.39. The molecule has 70 valence electrons. The lowest BCUT2D eigenvalue weighted by molar-refractivity contribution is 0.205. The van der Waals surface area contributed by atoms with Crippen LogP contribution in [0.15, 0.2) is 18.5 Å². The summed E-state index contributed by atoms with van der Waals surface area (Å²) in [6.45, 7) is 3.05. The van der Waals surface area contributed by atoms with Crippen LogP contribution in [0, 0.1) is 0 Å². The zero-order valence-corrected chi connectivity index (χ0v) is 7.95. The van der Waals surface area contributed by atoms with Gasteiger partial charge in [-0.1, -0.05) is 0 Å². The van der Waals surface area contributed by atoms with Gasteiger partial charge < -0.3 is 5.32 Å². The van der Waals surface area contributed by atoms with Crippen molar-refractivity contribution in [1.29, 1.82) is 0 Å². The van der Waals surface area contributed by atoms with E-state index in [1.54, 1.807) is 12.4 Å². The van der Waals surface area contributed by atoms with Crippen LogP contribution in [0.4, 0.5) is 0 Å². The van der Waals surface area contributed by atoms with Crippen molar-refractivity contribution in [2.75, 3.05) is 0 Å². The van der Waals surface area contributed by atoms with Crippen LogP contribution in [-0.2, 0) is 6.54 Å². The highest BCUT2D eigenvalue weighted by Crippen LogP contribution is 2.30. The molecule has 0 atom stereocenters. The summed E-state index contributed by atoms with van der Waals surface area (Å²) in [5, 5.41) is 3.49. The van der Waals surface area contributed by atoms with Crippen molar-refractivity contribution in [1.82, 2.24) is 15.3 Å². The van der Waals surface area contributed by atoms with E-state index in [0.29, 0.717) is 5.54 Å². The number of nitrogens with zero attached hydrogens (tertiary/aromatic N) is 2. The van der Waals surface area contributed by atoms with Gasteiger partial charge in [0.05, 0.1) is 6.54 Å². The molecule has 3 nitrogen and oxygen atoms in total. The van der Waals surface area contributed by atoms with Gasteiger partial charge in [-0.3, -0.25) is 0 Å². The molecule has 1 aliphatic carbocycles. The zero-order valence-electron chi connectivity index (χ0n) is 7.95. The molecule has 13 heavy (non-hydrogen) atoms. The van der Waals surface area contributed by atoms with Gasteiger partial charge in [-0.15, -0.1) is 0 Å². The second-order valence-electron chi connectivity index (χ2n) is 3.93. The highest BCUT2D eigenvalue weighted by molar-refractivity contribution is 4.95. The Kier molecular flexibility index (Phi) is 2.27. The maximum absolute atomic E-state index is 4.17. The maximum Gasteiger partial charge on any atom is 0.141 e. The van der Waals surface area contributed by atoms with E-state index in [1.807, 2.05) is 6.07 Å². The molecule has 3 heteroatoms. The molecule has 1 aromatic heterocycles. The summed E-state index contributed by atoms with van der Waals surface area (Å²) in [6.07, 6.45) is 7.47. The van der Waals surface area contributed by atoms with E-state index >= 15 is 0 Å². The maximum atomic E-state index is 4.17. The number of hydrogen-bond donors (Lipinski definition) is 1. The van der Waals surface area contributed by atoms with Crippen LogP contribution < -0.4 is 5.32 Å². The number of hydrogen-bond acceptors (Lipinski definition) is 3. The Hall–Kier alpha value is -0.960. The molecule has 1 heterocycles. The summed E-state index contributed by atoms with van der Waals surface area (Å²) < 4.78 is 0. The Morgan fingerprint density at radius 2 is 2.08 bits per heavy atom. The molecular weight excluding hydrogens is 162 g/mol. The number of rotatable bonds is 3. The molecule has 1 fully saturated rings. The van der Waals surface area contributed by atoms with Crippen molar-refractivity contribution in [2.45, 2.75) is 38.3 Å². The zero-order chi connectivity index (χ0) is 9.15. The van der Waals surface area contributed by atoms with Crippen LogP contribution in [0.25, 0.3) is 0 Å². The van der Waals surface area contributed by atoms with E-state index < -0.39 is 0 Å². The smallest absolute Gasteiger partial charge is 0.141 e. The van der Waals surface area contributed by atoms with Gasteiger partial charge in [-0.25, -0.2) is 9.97 Å². The van der Waals surface area contributed by atoms with Gasteiger partial charge in [-0.05, 0) is 32.3 Å². The summed E-state index contributed by atoms with van der Waals surface area (Å²) in [4.78, 5) is 8.33. The monoisotopic (exact) mass is 177 g/mol. The minimum absolute atomic E-state index is 0.346. The van der Waals surface area contributed by atoms with Crippen molar-refractivity contribution in [3.8, 4) is 0 Å². The topological polar surface area (TPSA) is 37.8 Å². The molecule has 1 aliphatic rings. The highest BCUT2D eigenvalue weighted by atomic mass is 15.0. The lowest BCUT2D eigenvalue weighted by Crippen LogP contribution is -2.47. The first-order chi connectivity index (χ1) is 6.29. The van der Waals surface area contributed by atoms with Gasteiger partial charge in [0.1, 0.15) is 5.82 Å². The quantitative estimate of drug-likeness (QED) is 0.760. The summed E-state index contributed by atoms with van der Waals surface area (Å²) in [7, 11) is 0. The van der Waals surface area contributed by atoms with Crippen molar-refractivity contribution >= 4 is 0 Å². The van der Waals surface area contributed by atoms with Gasteiger partial charge in [0.25, 0.3) is 0 Å². The molecule has 0 radical (unpaired) electrons. The Morgan fingerprint density at radius 3 is 2.62 bits per heavy atom. The summed E-state index contributed by atoms with van der Waals surface area (Å²) >= 11 is 0. The first kappa shape index (κ1) is 8.63. The molecule has 0 unspecified atom stereocenters. The second kappa shape index (κ2) is 3.42. The Balaban J connectivity index is 1.86. The first-order valence-corrected chi connectivity index (χ1v) is 4.79. The van der Waals surface area contributed by atoms with Crippen LogP contribution in [0.3, 0.4) is 0 Å². The fourth-order valence-corrected chi connectivity index (χ4v) is 1.60. The second-order valence-corrected chi connectivity index (χ2v) is 3.93. The van der Waals surface area contributed by atoms with E-state index in [4.69, 9.17) is 0 Å². The van der Waals surface area contributed by atoms with Crippen molar-refractivity contribution in [3.63, 3.8) is 0 Å². The molecule has 2 rings (SSSR count). The number of nitrogens with one attached hydrogen (secondary N) is 1. The predicted octanol–water partition coefficient (Wildman–Crippen LogP) is 1.51.